The average Bonchev–Trinajstić information content (AvgIpc) is 2.91. The monoisotopic (exact) mass is 739 g/mol. The third kappa shape index (κ3) is 23.4. The van der Waals surface area contributed by atoms with Gasteiger partial charge in [-0.3, -0.25) is 4.57 Å². The molecule has 1 fully saturated rings. The zero-order chi connectivity index (χ0) is 32.7. The fourth-order valence-corrected chi connectivity index (χ4v) is 7.55. The van der Waals surface area contributed by atoms with Crippen molar-refractivity contribution in [1.82, 2.24) is 17.6 Å². The van der Waals surface area contributed by atoms with E-state index in [1.807, 2.05) is 0 Å². The fraction of sp³-hybridized carbons (Fsp3) is 0.960. The Labute approximate surface area is 275 Å². The van der Waals surface area contributed by atoms with Gasteiger partial charge < -0.3 is 47.1 Å². The van der Waals surface area contributed by atoms with Gasteiger partial charge in [-0.15, -0.1) is 27.7 Å². The number of hydrogen-bond donors (Lipinski definition) is 5. The van der Waals surface area contributed by atoms with Gasteiger partial charge in [0.1, 0.15) is 6.61 Å². The first kappa shape index (κ1) is 50.9. The van der Waals surface area contributed by atoms with Crippen LogP contribution in [0, 0.1) is 5.41 Å². The van der Waals surface area contributed by atoms with E-state index in [1.165, 1.54) is 38.5 Å². The molecule has 44 heavy (non-hydrogen) atoms. The highest BCUT2D eigenvalue weighted by Gasteiger charge is 2.43. The summed E-state index contributed by atoms with van der Waals surface area (Å²) in [7, 11) is -10.4. The van der Waals surface area contributed by atoms with Crippen LogP contribution in [0.5, 0.6) is 0 Å². The predicted molar refractivity (Wildman–Crippen MR) is 177 cm³/mol. The van der Waals surface area contributed by atoms with E-state index in [0.29, 0.717) is 19.4 Å². The highest BCUT2D eigenvalue weighted by molar-refractivity contribution is 7.52. The number of rotatable bonds is 19. The average molecular weight is 741 g/mol. The van der Waals surface area contributed by atoms with E-state index in [-0.39, 0.29) is 48.9 Å². The SMILES string of the molecule is CCCCNC1(P(=O)([O-])[O-])CCC(CCCC)(CCCC)CC1.CCO[P+](=O)OC(N)=O.O=P(O)(CCCl)OCCCl.[NH4+].[NH4+]. The molecule has 0 saturated heterocycles. The van der Waals surface area contributed by atoms with Crippen LogP contribution in [-0.4, -0.2) is 53.9 Å². The van der Waals surface area contributed by atoms with Gasteiger partial charge in [0.15, 0.2) is 0 Å². The lowest BCUT2D eigenvalue weighted by Crippen LogP contribution is -2.54. The first-order valence-corrected chi connectivity index (χ1v) is 20.0. The van der Waals surface area contributed by atoms with Crippen molar-refractivity contribution in [2.45, 2.75) is 110 Å². The predicted octanol–water partition coefficient (Wildman–Crippen LogP) is 7.12. The van der Waals surface area contributed by atoms with Crippen LogP contribution >= 0.6 is 46.6 Å². The second-order valence-corrected chi connectivity index (χ2v) is 15.6. The number of alkyl halides is 2. The summed E-state index contributed by atoms with van der Waals surface area (Å²) in [6, 6.07) is 0. The number of nitrogens with one attached hydrogen (secondary N) is 1. The van der Waals surface area contributed by atoms with Gasteiger partial charge >= 0.3 is 21.9 Å². The Morgan fingerprint density at radius 3 is 1.82 bits per heavy atom. The summed E-state index contributed by atoms with van der Waals surface area (Å²) >= 11 is 10.4. The van der Waals surface area contributed by atoms with Gasteiger partial charge in [0.05, 0.1) is 12.8 Å². The molecule has 1 aliphatic rings. The molecule has 0 aliphatic heterocycles. The number of carbonyl (C=O) groups is 1. The maximum absolute atomic E-state index is 12.0. The van der Waals surface area contributed by atoms with Gasteiger partial charge in [-0.2, -0.15) is 4.52 Å². The quantitative estimate of drug-likeness (QED) is 0.0505. The van der Waals surface area contributed by atoms with E-state index in [2.05, 4.69) is 45.4 Å². The Morgan fingerprint density at radius 2 is 1.45 bits per heavy atom. The van der Waals surface area contributed by atoms with Crippen molar-refractivity contribution in [3.05, 3.63) is 0 Å². The number of hydrogen-bond acceptors (Lipinski definition) is 10. The van der Waals surface area contributed by atoms with E-state index >= 15 is 0 Å². The zero-order valence-electron chi connectivity index (χ0n) is 27.5. The third-order valence-corrected chi connectivity index (χ3v) is 11.3. The van der Waals surface area contributed by atoms with Crippen molar-refractivity contribution >= 4 is 52.7 Å². The Balaban J connectivity index is -0.000000318. The van der Waals surface area contributed by atoms with E-state index < -0.39 is 34.8 Å². The van der Waals surface area contributed by atoms with Crippen LogP contribution < -0.4 is 33.1 Å². The van der Waals surface area contributed by atoms with Gasteiger partial charge in [0, 0.05) is 21.6 Å². The lowest BCUT2D eigenvalue weighted by molar-refractivity contribution is -0.323. The number of amides is 1. The Hall–Kier alpha value is 0.0900. The minimum absolute atomic E-state index is 0. The molecule has 2 atom stereocenters. The number of quaternary nitrogens is 2. The van der Waals surface area contributed by atoms with Gasteiger partial charge in [-0.05, 0) is 71.4 Å². The summed E-state index contributed by atoms with van der Waals surface area (Å²) in [5.74, 6) is 0.336. The molecule has 12 N–H and O–H groups in total. The minimum atomic E-state index is -4.63. The molecular formula is C25H60Cl2N4O10P3+. The highest BCUT2D eigenvalue weighted by atomic mass is 35.5. The molecule has 14 nitrogen and oxygen atoms in total. The second kappa shape index (κ2) is 28.1. The lowest BCUT2D eigenvalue weighted by atomic mass is 9.66. The molecule has 1 amide bonds. The number of nitrogens with two attached hydrogens (primary N) is 1. The van der Waals surface area contributed by atoms with Crippen molar-refractivity contribution in [1.29, 1.82) is 0 Å². The molecule has 0 bridgehead atoms. The van der Waals surface area contributed by atoms with E-state index in [9.17, 15) is 28.3 Å². The summed E-state index contributed by atoms with van der Waals surface area (Å²) < 4.78 is 45.7. The largest absolute Gasteiger partial charge is 0.809 e. The van der Waals surface area contributed by atoms with Crippen LogP contribution in [0.3, 0.4) is 0 Å². The molecule has 0 aromatic carbocycles. The van der Waals surface area contributed by atoms with Crippen LogP contribution in [0.15, 0.2) is 0 Å². The number of unbranched alkanes of at least 4 members (excludes halogenated alkanes) is 3. The summed E-state index contributed by atoms with van der Waals surface area (Å²) in [4.78, 5) is 42.6. The standard InChI is InChI=1S/C18H38NO3P.C4H9Cl2O3P.C3H6NO4P.2H3N/c1-4-7-10-17(11-8-5-2)12-14-18(15-13-17,23(20,21)22)19-16-9-6-3;5-1-3-9-10(7,8)4-2-6;1-2-7-9(6)8-3(4)5;;/h19H,4-16H2,1-3H3,(H2,20,21,22);1-4H2,(H,7,8);2H2,1H3,(H-,4,5);2*1H3/p+1. The topological polar surface area (TPSA) is 273 Å². The van der Waals surface area contributed by atoms with Crippen LogP contribution in [0.1, 0.15) is 105 Å². The van der Waals surface area contributed by atoms with Gasteiger partial charge in [-0.1, -0.05) is 52.9 Å². The van der Waals surface area contributed by atoms with Crippen molar-refractivity contribution < 1.29 is 46.7 Å². The number of primary amides is 1. The molecule has 0 spiro atoms. The van der Waals surface area contributed by atoms with E-state index in [4.69, 9.17) is 28.1 Å². The van der Waals surface area contributed by atoms with Gasteiger partial charge in [-0.25, -0.2) is 4.79 Å². The molecule has 0 aromatic heterocycles. The molecular weight excluding hydrogens is 680 g/mol. The Bertz CT molecular complexity index is 826. The molecule has 0 radical (unpaired) electrons. The molecule has 268 valence electrons. The van der Waals surface area contributed by atoms with Gasteiger partial charge in [0.2, 0.25) is 0 Å². The Kier molecular flexibility index (Phi) is 32.6. The summed E-state index contributed by atoms with van der Waals surface area (Å²) in [5, 5.41) is 1.95. The number of carbonyl (C=O) groups excluding carboxylic acids is 1. The van der Waals surface area contributed by atoms with Gasteiger partial charge in [0.25, 0.3) is 0 Å². The van der Waals surface area contributed by atoms with Crippen molar-refractivity contribution in [2.75, 3.05) is 37.7 Å². The molecule has 1 aliphatic carbocycles. The van der Waals surface area contributed by atoms with Crippen molar-refractivity contribution in [2.24, 2.45) is 11.1 Å². The summed E-state index contributed by atoms with van der Waals surface area (Å²) in [6.45, 7) is 9.05. The maximum Gasteiger partial charge on any atom is 0.755 e. The molecule has 1 saturated carbocycles. The summed E-state index contributed by atoms with van der Waals surface area (Å²) in [6.07, 6.45) is 10.6. The molecule has 2 unspecified atom stereocenters. The minimum Gasteiger partial charge on any atom is -0.809 e. The van der Waals surface area contributed by atoms with Crippen LogP contribution in [0.2, 0.25) is 0 Å². The highest BCUT2D eigenvalue weighted by Crippen LogP contribution is 2.56. The normalized spacial score (nSPS) is 16.7. The van der Waals surface area contributed by atoms with E-state index in [1.54, 1.807) is 6.92 Å². The maximum atomic E-state index is 12.0. The summed E-state index contributed by atoms with van der Waals surface area (Å²) in [5.41, 5.74) is 4.76. The molecule has 19 heteroatoms. The number of halogens is 2. The van der Waals surface area contributed by atoms with Crippen molar-refractivity contribution in [3.63, 3.8) is 0 Å². The smallest absolute Gasteiger partial charge is 0.755 e. The first-order chi connectivity index (χ1) is 19.6. The van der Waals surface area contributed by atoms with Crippen LogP contribution in [-0.2, 0) is 27.3 Å². The second-order valence-electron chi connectivity index (χ2n) is 10.1. The molecule has 0 heterocycles. The molecule has 0 aromatic rings. The van der Waals surface area contributed by atoms with E-state index in [0.717, 1.165) is 25.7 Å². The Morgan fingerprint density at radius 1 is 0.955 bits per heavy atom. The lowest BCUT2D eigenvalue weighted by Gasteiger charge is -2.56. The van der Waals surface area contributed by atoms with Crippen molar-refractivity contribution in [3.8, 4) is 0 Å². The van der Waals surface area contributed by atoms with Crippen LogP contribution in [0.25, 0.3) is 0 Å². The molecule has 1 rings (SSSR count). The zero-order valence-corrected chi connectivity index (χ0v) is 31.7. The van der Waals surface area contributed by atoms with Crippen LogP contribution in [0.4, 0.5) is 4.79 Å². The first-order valence-electron chi connectivity index (χ1n) is 14.6. The fourth-order valence-electron chi connectivity index (χ4n) is 4.52. The third-order valence-electron chi connectivity index (χ3n) is 6.90.